The van der Waals surface area contributed by atoms with E-state index in [9.17, 15) is 24.3 Å². The first kappa shape index (κ1) is 37.7. The Balaban J connectivity index is 1.47. The van der Waals surface area contributed by atoms with Gasteiger partial charge in [0.1, 0.15) is 17.8 Å². The molecule has 2 aliphatic rings. The number of hydrogen-bond donors (Lipinski definition) is 5. The highest BCUT2D eigenvalue weighted by Crippen LogP contribution is 2.37. The summed E-state index contributed by atoms with van der Waals surface area (Å²) in [4.78, 5) is 54.2. The topological polar surface area (TPSA) is 168 Å². The lowest BCUT2D eigenvalue weighted by Gasteiger charge is -2.26. The smallest absolute Gasteiger partial charge is 0.257 e. The number of carbonyl (C=O) groups excluding carboxylic acids is 4. The van der Waals surface area contributed by atoms with E-state index in [1.807, 2.05) is 19.9 Å². The Hall–Kier alpha value is -4.07. The Morgan fingerprint density at radius 3 is 2.37 bits per heavy atom. The third-order valence-electron chi connectivity index (χ3n) is 8.16. The van der Waals surface area contributed by atoms with Crippen molar-refractivity contribution in [1.29, 1.82) is 0 Å². The first-order chi connectivity index (χ1) is 23.5. The molecule has 0 saturated heterocycles. The molecule has 14 heteroatoms. The first-order valence-electron chi connectivity index (χ1n) is 16.8. The summed E-state index contributed by atoms with van der Waals surface area (Å²) in [6.45, 7) is 7.90. The standard InChI is InChI=1S/C35H48ClN5O8/c1-22(2)14-28-34(45)40-33(23(3)42)35(46)38-10-4-5-12-41(19-25-17-29-30(18-27(25)36)49-21-48-29)13-7-11-37-32(44)20-47-26-9-6-8-24(15-26)16-31(43)39-28/h6,8-9,15,17-18,22-23,28,33,42H,4-5,7,10-14,16,19-21H2,1-3H3,(H,37,44)(H,38,46)(H,39,43)(H,40,45)/t23-,28-,33+/m1/s1. The number of aliphatic hydroxyl groups is 1. The van der Waals surface area contributed by atoms with Crippen LogP contribution in [0.15, 0.2) is 36.4 Å². The summed E-state index contributed by atoms with van der Waals surface area (Å²) in [6.07, 6.45) is 1.18. The maximum Gasteiger partial charge on any atom is 0.257 e. The predicted molar refractivity (Wildman–Crippen MR) is 183 cm³/mol. The zero-order valence-electron chi connectivity index (χ0n) is 28.4. The number of halogens is 1. The van der Waals surface area contributed by atoms with Gasteiger partial charge in [-0.3, -0.25) is 24.1 Å². The van der Waals surface area contributed by atoms with Gasteiger partial charge in [-0.2, -0.15) is 0 Å². The summed E-state index contributed by atoms with van der Waals surface area (Å²) in [6, 6.07) is 8.38. The highest BCUT2D eigenvalue weighted by molar-refractivity contribution is 6.31. The number of amides is 4. The molecule has 0 spiro atoms. The number of carbonyl (C=O) groups is 4. The number of nitrogens with zero attached hydrogens (tertiary/aromatic N) is 1. The summed E-state index contributed by atoms with van der Waals surface area (Å²) in [7, 11) is 0. The van der Waals surface area contributed by atoms with Crippen LogP contribution in [-0.2, 0) is 32.1 Å². The Labute approximate surface area is 292 Å². The second-order valence-electron chi connectivity index (χ2n) is 12.9. The lowest BCUT2D eigenvalue weighted by atomic mass is 10.0. The van der Waals surface area contributed by atoms with Crippen LogP contribution in [-0.4, -0.2) is 91.4 Å². The van der Waals surface area contributed by atoms with Gasteiger partial charge < -0.3 is 40.6 Å². The first-order valence-corrected chi connectivity index (χ1v) is 17.2. The SMILES string of the molecule is CC(C)C[C@H]1NC(=O)Cc2cccc(c2)OCC(=O)NCCCN(Cc2cc3c(cc2Cl)OCO3)CCCCNC(=O)[C@H]([C@@H](C)O)NC1=O. The molecule has 0 unspecified atom stereocenters. The number of benzene rings is 2. The monoisotopic (exact) mass is 701 g/mol. The summed E-state index contributed by atoms with van der Waals surface area (Å²) >= 11 is 6.57. The molecular weight excluding hydrogens is 654 g/mol. The van der Waals surface area contributed by atoms with Gasteiger partial charge >= 0.3 is 0 Å². The van der Waals surface area contributed by atoms with E-state index in [1.54, 1.807) is 30.3 Å². The van der Waals surface area contributed by atoms with Crippen molar-refractivity contribution in [1.82, 2.24) is 26.2 Å². The van der Waals surface area contributed by atoms with Crippen molar-refractivity contribution in [2.45, 2.75) is 77.6 Å². The van der Waals surface area contributed by atoms with E-state index in [0.29, 0.717) is 79.8 Å². The van der Waals surface area contributed by atoms with Crippen LogP contribution in [0.2, 0.25) is 5.02 Å². The average Bonchev–Trinajstić information content (AvgIpc) is 3.50. The van der Waals surface area contributed by atoms with E-state index >= 15 is 0 Å². The number of rotatable bonds is 5. The minimum absolute atomic E-state index is 0.0282. The number of fused-ring (bicyclic) bond motifs is 3. The number of ether oxygens (including phenoxy) is 3. The van der Waals surface area contributed by atoms with E-state index in [-0.39, 0.29) is 31.6 Å². The molecule has 2 heterocycles. The molecule has 5 N–H and O–H groups in total. The molecular formula is C35H48ClN5O8. The van der Waals surface area contributed by atoms with Gasteiger partial charge in [0.15, 0.2) is 18.1 Å². The van der Waals surface area contributed by atoms with Crippen LogP contribution in [0.4, 0.5) is 0 Å². The number of hydrogen-bond acceptors (Lipinski definition) is 9. The number of nitrogens with one attached hydrogen (secondary N) is 4. The van der Waals surface area contributed by atoms with Crippen molar-refractivity contribution >= 4 is 35.2 Å². The van der Waals surface area contributed by atoms with Gasteiger partial charge in [-0.05, 0) is 74.4 Å². The zero-order chi connectivity index (χ0) is 35.3. The lowest BCUT2D eigenvalue weighted by Crippen LogP contribution is -2.57. The van der Waals surface area contributed by atoms with E-state index in [0.717, 1.165) is 12.0 Å². The van der Waals surface area contributed by atoms with Gasteiger partial charge in [0, 0.05) is 37.3 Å². The normalized spacial score (nSPS) is 21.4. The van der Waals surface area contributed by atoms with E-state index < -0.39 is 35.9 Å². The molecule has 2 bridgehead atoms. The Morgan fingerprint density at radius 2 is 1.61 bits per heavy atom. The molecule has 49 heavy (non-hydrogen) atoms. The molecule has 4 rings (SSSR count). The minimum atomic E-state index is -1.20. The highest BCUT2D eigenvalue weighted by atomic mass is 35.5. The van der Waals surface area contributed by atoms with Crippen molar-refractivity contribution in [2.75, 3.05) is 39.6 Å². The maximum atomic E-state index is 13.3. The van der Waals surface area contributed by atoms with Gasteiger partial charge in [-0.15, -0.1) is 0 Å². The largest absolute Gasteiger partial charge is 0.484 e. The van der Waals surface area contributed by atoms with Crippen LogP contribution in [0.1, 0.15) is 57.6 Å². The third kappa shape index (κ3) is 12.1. The van der Waals surface area contributed by atoms with E-state index in [4.69, 9.17) is 25.8 Å². The van der Waals surface area contributed by atoms with Gasteiger partial charge in [0.25, 0.3) is 5.91 Å². The molecule has 0 fully saturated rings. The fourth-order valence-corrected chi connectivity index (χ4v) is 5.85. The van der Waals surface area contributed by atoms with Gasteiger partial charge in [0.2, 0.25) is 24.5 Å². The summed E-state index contributed by atoms with van der Waals surface area (Å²) in [5, 5.41) is 22.1. The molecule has 0 aromatic heterocycles. The Bertz CT molecular complexity index is 1460. The van der Waals surface area contributed by atoms with Gasteiger partial charge in [-0.1, -0.05) is 37.6 Å². The minimum Gasteiger partial charge on any atom is -0.484 e. The van der Waals surface area contributed by atoms with E-state index in [1.165, 1.54) is 6.92 Å². The van der Waals surface area contributed by atoms with Crippen LogP contribution in [0.3, 0.4) is 0 Å². The highest BCUT2D eigenvalue weighted by Gasteiger charge is 2.30. The fourth-order valence-electron chi connectivity index (χ4n) is 5.64. The molecule has 0 saturated carbocycles. The lowest BCUT2D eigenvalue weighted by molar-refractivity contribution is -0.134. The van der Waals surface area contributed by atoms with Crippen LogP contribution in [0, 0.1) is 5.92 Å². The molecule has 2 aromatic rings. The van der Waals surface area contributed by atoms with E-state index in [2.05, 4.69) is 26.2 Å². The van der Waals surface area contributed by atoms with Crippen LogP contribution >= 0.6 is 11.6 Å². The second kappa shape index (κ2) is 18.6. The van der Waals surface area contributed by atoms with Crippen molar-refractivity contribution in [3.05, 3.63) is 52.5 Å². The van der Waals surface area contributed by atoms with Crippen molar-refractivity contribution in [2.24, 2.45) is 5.92 Å². The average molecular weight is 702 g/mol. The van der Waals surface area contributed by atoms with Crippen molar-refractivity contribution in [3.8, 4) is 17.2 Å². The molecule has 2 aromatic carbocycles. The van der Waals surface area contributed by atoms with Gasteiger partial charge in [0.05, 0.1) is 12.5 Å². The predicted octanol–water partition coefficient (Wildman–Crippen LogP) is 2.31. The molecule has 3 atom stereocenters. The molecule has 13 nitrogen and oxygen atoms in total. The van der Waals surface area contributed by atoms with Gasteiger partial charge in [-0.25, -0.2) is 0 Å². The zero-order valence-corrected chi connectivity index (χ0v) is 29.1. The molecule has 4 amide bonds. The summed E-state index contributed by atoms with van der Waals surface area (Å²) in [5.41, 5.74) is 1.52. The second-order valence-corrected chi connectivity index (χ2v) is 13.3. The van der Waals surface area contributed by atoms with Crippen LogP contribution in [0.5, 0.6) is 17.2 Å². The molecule has 0 radical (unpaired) electrons. The Kier molecular flexibility index (Phi) is 14.3. The van der Waals surface area contributed by atoms with Crippen LogP contribution in [0.25, 0.3) is 0 Å². The van der Waals surface area contributed by atoms with Crippen molar-refractivity contribution < 1.29 is 38.5 Å². The quantitative estimate of drug-likeness (QED) is 0.314. The van der Waals surface area contributed by atoms with Crippen LogP contribution < -0.4 is 35.5 Å². The maximum absolute atomic E-state index is 13.3. The Morgan fingerprint density at radius 1 is 0.878 bits per heavy atom. The third-order valence-corrected chi connectivity index (χ3v) is 8.52. The summed E-state index contributed by atoms with van der Waals surface area (Å²) in [5.74, 6) is 0.0201. The molecule has 2 aliphatic heterocycles. The molecule has 0 aliphatic carbocycles. The molecule has 268 valence electrons. The van der Waals surface area contributed by atoms with Crippen molar-refractivity contribution in [3.63, 3.8) is 0 Å². The fraction of sp³-hybridized carbons (Fsp3) is 0.543. The number of aliphatic hydroxyl groups excluding tert-OH is 1. The summed E-state index contributed by atoms with van der Waals surface area (Å²) < 4.78 is 16.7.